The molecule has 1 aliphatic heterocycles. The third-order valence-electron chi connectivity index (χ3n) is 6.53. The summed E-state index contributed by atoms with van der Waals surface area (Å²) in [6, 6.07) is 5.88. The molecule has 0 fully saturated rings. The summed E-state index contributed by atoms with van der Waals surface area (Å²) in [6.07, 6.45) is 6.17. The molecule has 2 atom stereocenters. The quantitative estimate of drug-likeness (QED) is 0.626. The third-order valence-corrected chi connectivity index (χ3v) is 6.53. The van der Waals surface area contributed by atoms with E-state index in [-0.39, 0.29) is 29.3 Å². The first-order valence-corrected chi connectivity index (χ1v) is 11.8. The first kappa shape index (κ1) is 23.7. The number of aromatic nitrogens is 1. The Kier molecular flexibility index (Phi) is 6.59. The van der Waals surface area contributed by atoms with Gasteiger partial charge in [0.1, 0.15) is 11.4 Å². The number of rotatable bonds is 4. The van der Waals surface area contributed by atoms with Crippen LogP contribution < -0.4 is 15.4 Å². The molecule has 0 spiro atoms. The molecule has 1 aliphatic carbocycles. The van der Waals surface area contributed by atoms with Crippen molar-refractivity contribution in [2.24, 2.45) is 15.4 Å². The van der Waals surface area contributed by atoms with Crippen LogP contribution in [0.1, 0.15) is 80.7 Å². The minimum absolute atomic E-state index is 0.0145. The van der Waals surface area contributed by atoms with Gasteiger partial charge in [-0.1, -0.05) is 26.8 Å². The van der Waals surface area contributed by atoms with Crippen LogP contribution in [0.4, 0.5) is 5.69 Å². The summed E-state index contributed by atoms with van der Waals surface area (Å²) in [4.78, 5) is 36.8. The average Bonchev–Trinajstić information content (AvgIpc) is 3.05. The van der Waals surface area contributed by atoms with Gasteiger partial charge in [-0.25, -0.2) is 4.99 Å². The Morgan fingerprint density at radius 1 is 1.26 bits per heavy atom. The number of amides is 2. The van der Waals surface area contributed by atoms with Crippen molar-refractivity contribution in [1.29, 1.82) is 0 Å². The molecular weight excluding hydrogens is 430 g/mol. The number of nitrogens with zero attached hydrogens (tertiary/aromatic N) is 2. The van der Waals surface area contributed by atoms with Crippen LogP contribution in [0.25, 0.3) is 0 Å². The lowest BCUT2D eigenvalue weighted by atomic mass is 9.87. The van der Waals surface area contributed by atoms with Crippen molar-refractivity contribution in [1.82, 2.24) is 15.6 Å². The van der Waals surface area contributed by atoms with E-state index in [4.69, 9.17) is 4.74 Å². The topological polar surface area (TPSA) is 108 Å². The maximum atomic E-state index is 13.0. The molecule has 0 saturated heterocycles. The molecule has 1 aromatic heterocycles. The van der Waals surface area contributed by atoms with E-state index < -0.39 is 0 Å². The van der Waals surface area contributed by atoms with E-state index >= 15 is 0 Å². The van der Waals surface area contributed by atoms with Crippen LogP contribution in [0.15, 0.2) is 34.4 Å². The first-order valence-electron chi connectivity index (χ1n) is 11.8. The third kappa shape index (κ3) is 5.21. The Morgan fingerprint density at radius 3 is 2.79 bits per heavy atom. The molecule has 2 aliphatic rings. The molecule has 180 valence electrons. The van der Waals surface area contributed by atoms with E-state index in [9.17, 15) is 9.59 Å². The smallest absolute Gasteiger partial charge is 0.255 e. The van der Waals surface area contributed by atoms with Crippen molar-refractivity contribution < 1.29 is 14.3 Å². The monoisotopic (exact) mass is 463 g/mol. The number of nitrogens with one attached hydrogen (secondary N) is 3. The molecule has 0 unspecified atom stereocenters. The minimum Gasteiger partial charge on any atom is -0.437 e. The second kappa shape index (κ2) is 9.44. The summed E-state index contributed by atoms with van der Waals surface area (Å²) in [5.41, 5.74) is 4.00. The Morgan fingerprint density at radius 2 is 2.06 bits per heavy atom. The van der Waals surface area contributed by atoms with Crippen molar-refractivity contribution in [3.8, 4) is 5.75 Å². The van der Waals surface area contributed by atoms with E-state index in [1.54, 1.807) is 12.4 Å². The minimum atomic E-state index is -0.183. The van der Waals surface area contributed by atoms with Gasteiger partial charge in [0.25, 0.3) is 5.91 Å². The SMILES string of the molecule is CC(=O)N[C@@H]1CCCc2ccc(OC3=Nc4c(C(=O)N[C@@H](C)C(C)(C)C)c[nH]c4CN=C3)cc21. The Labute approximate surface area is 200 Å². The molecule has 2 heterocycles. The number of aryl methyl sites for hydroxylation is 1. The van der Waals surface area contributed by atoms with Crippen molar-refractivity contribution in [3.05, 3.63) is 46.8 Å². The number of carbonyl (C=O) groups is 2. The number of benzene rings is 1. The number of aromatic amines is 1. The summed E-state index contributed by atoms with van der Waals surface area (Å²) < 4.78 is 6.09. The predicted octanol–water partition coefficient (Wildman–Crippen LogP) is 4.39. The molecule has 3 N–H and O–H groups in total. The molecule has 2 aromatic rings. The largest absolute Gasteiger partial charge is 0.437 e. The number of hydrogen-bond acceptors (Lipinski definition) is 5. The van der Waals surface area contributed by atoms with Crippen LogP contribution >= 0.6 is 0 Å². The van der Waals surface area contributed by atoms with E-state index in [0.717, 1.165) is 30.5 Å². The van der Waals surface area contributed by atoms with Gasteiger partial charge >= 0.3 is 0 Å². The molecule has 2 amide bonds. The number of H-pyrrole nitrogens is 1. The fourth-order valence-corrected chi connectivity index (χ4v) is 4.13. The molecule has 34 heavy (non-hydrogen) atoms. The second-order valence-corrected chi connectivity index (χ2v) is 10.1. The Hall–Kier alpha value is -3.42. The van der Waals surface area contributed by atoms with Gasteiger partial charge in [0, 0.05) is 19.2 Å². The normalized spacial score (nSPS) is 18.1. The zero-order valence-electron chi connectivity index (χ0n) is 20.5. The van der Waals surface area contributed by atoms with Gasteiger partial charge in [0.05, 0.1) is 30.1 Å². The molecule has 0 radical (unpaired) electrons. The van der Waals surface area contributed by atoms with Gasteiger partial charge in [0.15, 0.2) is 0 Å². The molecule has 1 aromatic carbocycles. The summed E-state index contributed by atoms with van der Waals surface area (Å²) in [7, 11) is 0. The van der Waals surface area contributed by atoms with E-state index in [2.05, 4.69) is 46.4 Å². The van der Waals surface area contributed by atoms with Crippen LogP contribution in [0.5, 0.6) is 5.75 Å². The highest BCUT2D eigenvalue weighted by molar-refractivity contribution is 6.28. The lowest BCUT2D eigenvalue weighted by molar-refractivity contribution is -0.119. The number of hydrogen-bond donors (Lipinski definition) is 3. The first-order chi connectivity index (χ1) is 16.1. The maximum Gasteiger partial charge on any atom is 0.255 e. The summed E-state index contributed by atoms with van der Waals surface area (Å²) >= 11 is 0. The van der Waals surface area contributed by atoms with Gasteiger partial charge in [-0.05, 0) is 54.9 Å². The van der Waals surface area contributed by atoms with E-state index in [1.165, 1.54) is 12.5 Å². The van der Waals surface area contributed by atoms with Crippen LogP contribution in [-0.4, -0.2) is 35.0 Å². The number of ether oxygens (including phenoxy) is 1. The highest BCUT2D eigenvalue weighted by Gasteiger charge is 2.26. The molecule has 0 bridgehead atoms. The maximum absolute atomic E-state index is 13.0. The van der Waals surface area contributed by atoms with Crippen LogP contribution in [0, 0.1) is 5.41 Å². The van der Waals surface area contributed by atoms with Crippen molar-refractivity contribution in [2.45, 2.75) is 72.5 Å². The van der Waals surface area contributed by atoms with E-state index in [1.807, 2.05) is 25.1 Å². The Balaban J connectivity index is 1.58. The lowest BCUT2D eigenvalue weighted by Gasteiger charge is -2.28. The second-order valence-electron chi connectivity index (χ2n) is 10.1. The molecule has 0 saturated carbocycles. The van der Waals surface area contributed by atoms with Crippen LogP contribution in [0.2, 0.25) is 0 Å². The molecule has 8 heteroatoms. The Bertz CT molecular complexity index is 1160. The number of carbonyl (C=O) groups excluding carboxylic acids is 2. The summed E-state index contributed by atoms with van der Waals surface area (Å²) in [6.45, 7) is 10.2. The fourth-order valence-electron chi connectivity index (χ4n) is 4.13. The highest BCUT2D eigenvalue weighted by atomic mass is 16.5. The molecular formula is C26H33N5O3. The average molecular weight is 464 g/mol. The molecule has 8 nitrogen and oxygen atoms in total. The van der Waals surface area contributed by atoms with Crippen LogP contribution in [-0.2, 0) is 17.8 Å². The standard InChI is InChI=1S/C26H33N5O3/c1-15(26(3,4)5)29-25(33)20-12-28-22-13-27-14-23(31-24(20)22)34-18-10-9-17-7-6-8-21(19(17)11-18)30-16(2)32/h9-12,14-15,21,28H,6-8,13H2,1-5H3,(H,29,33)(H,30,32)/t15-,21+/m0/s1. The highest BCUT2D eigenvalue weighted by Crippen LogP contribution is 2.33. The van der Waals surface area contributed by atoms with Gasteiger partial charge in [-0.2, -0.15) is 0 Å². The van der Waals surface area contributed by atoms with Crippen LogP contribution in [0.3, 0.4) is 0 Å². The van der Waals surface area contributed by atoms with Gasteiger partial charge in [0.2, 0.25) is 11.8 Å². The number of aliphatic imine (C=N–C) groups is 2. The van der Waals surface area contributed by atoms with Crippen molar-refractivity contribution in [2.75, 3.05) is 0 Å². The van der Waals surface area contributed by atoms with Gasteiger partial charge in [-0.3, -0.25) is 14.6 Å². The zero-order valence-corrected chi connectivity index (χ0v) is 20.5. The fraction of sp³-hybridized carbons (Fsp3) is 0.462. The van der Waals surface area contributed by atoms with Gasteiger partial charge in [-0.15, -0.1) is 0 Å². The summed E-state index contributed by atoms with van der Waals surface area (Å²) in [5, 5.41) is 6.10. The van der Waals surface area contributed by atoms with Crippen molar-refractivity contribution >= 4 is 29.6 Å². The van der Waals surface area contributed by atoms with Crippen molar-refractivity contribution in [3.63, 3.8) is 0 Å². The lowest BCUT2D eigenvalue weighted by Crippen LogP contribution is -2.41. The molecule has 4 rings (SSSR count). The predicted molar refractivity (Wildman–Crippen MR) is 133 cm³/mol. The zero-order chi connectivity index (χ0) is 24.5. The van der Waals surface area contributed by atoms with E-state index in [0.29, 0.717) is 29.4 Å². The summed E-state index contributed by atoms with van der Waals surface area (Å²) in [5.74, 6) is 0.698. The number of fused-ring (bicyclic) bond motifs is 2. The van der Waals surface area contributed by atoms with Gasteiger partial charge < -0.3 is 20.4 Å².